The van der Waals surface area contributed by atoms with Gasteiger partial charge >= 0.3 is 5.69 Å². The minimum atomic E-state index is -0.704. The molecule has 0 N–H and O–H groups in total. The lowest BCUT2D eigenvalue weighted by molar-refractivity contribution is -0.385. The van der Waals surface area contributed by atoms with Gasteiger partial charge in [0.15, 0.2) is 0 Å². The van der Waals surface area contributed by atoms with Crippen molar-refractivity contribution < 1.29 is 9.72 Å². The van der Waals surface area contributed by atoms with Gasteiger partial charge in [-0.2, -0.15) is 0 Å². The number of amides is 1. The second-order valence-corrected chi connectivity index (χ2v) is 3.75. The number of pyridine rings is 1. The van der Waals surface area contributed by atoms with Crippen LogP contribution in [0.25, 0.3) is 0 Å². The molecule has 1 amide bonds. The fourth-order valence-corrected chi connectivity index (χ4v) is 1.68. The maximum atomic E-state index is 12.1. The molecule has 0 aliphatic carbocycles. The van der Waals surface area contributed by atoms with Crippen molar-refractivity contribution in [1.82, 2.24) is 9.88 Å². The molecular formula is C11H12ClN3O3. The highest BCUT2D eigenvalue weighted by Gasteiger charge is 2.27. The number of rotatable bonds is 5. The SMILES string of the molecule is C=CCN(CC)C(=O)c1ccnc(Cl)c1[N+](=O)[O-]. The molecule has 0 fully saturated rings. The number of nitrogens with zero attached hydrogens (tertiary/aromatic N) is 3. The molecule has 0 atom stereocenters. The van der Waals surface area contributed by atoms with E-state index in [0.29, 0.717) is 13.1 Å². The van der Waals surface area contributed by atoms with Crippen LogP contribution in [0.3, 0.4) is 0 Å². The number of likely N-dealkylation sites (N-methyl/N-ethyl adjacent to an activating group) is 1. The van der Waals surface area contributed by atoms with E-state index >= 15 is 0 Å². The van der Waals surface area contributed by atoms with E-state index < -0.39 is 16.5 Å². The van der Waals surface area contributed by atoms with Gasteiger partial charge in [0.2, 0.25) is 5.15 Å². The molecule has 0 saturated heterocycles. The van der Waals surface area contributed by atoms with Crippen LogP contribution in [-0.2, 0) is 0 Å². The van der Waals surface area contributed by atoms with Crippen molar-refractivity contribution in [1.29, 1.82) is 0 Å². The molecule has 0 aliphatic rings. The van der Waals surface area contributed by atoms with Crippen LogP contribution in [0.2, 0.25) is 5.15 Å². The Kier molecular flexibility index (Phi) is 4.79. The van der Waals surface area contributed by atoms with Crippen LogP contribution in [0.15, 0.2) is 24.9 Å². The summed E-state index contributed by atoms with van der Waals surface area (Å²) in [5.74, 6) is -0.464. The number of aromatic nitrogens is 1. The molecule has 1 rings (SSSR count). The second-order valence-electron chi connectivity index (χ2n) is 3.39. The molecule has 0 radical (unpaired) electrons. The van der Waals surface area contributed by atoms with E-state index in [2.05, 4.69) is 11.6 Å². The number of carbonyl (C=O) groups excluding carboxylic acids is 1. The number of halogens is 1. The number of hydrogen-bond acceptors (Lipinski definition) is 4. The van der Waals surface area contributed by atoms with E-state index in [4.69, 9.17) is 11.6 Å². The molecule has 0 saturated carbocycles. The Balaban J connectivity index is 3.24. The van der Waals surface area contributed by atoms with Gasteiger partial charge in [-0.25, -0.2) is 4.98 Å². The summed E-state index contributed by atoms with van der Waals surface area (Å²) in [6.45, 7) is 6.04. The van der Waals surface area contributed by atoms with Crippen LogP contribution in [0, 0.1) is 10.1 Å². The smallest absolute Gasteiger partial charge is 0.319 e. The van der Waals surface area contributed by atoms with Crippen LogP contribution < -0.4 is 0 Å². The minimum absolute atomic E-state index is 0.0660. The Labute approximate surface area is 109 Å². The van der Waals surface area contributed by atoms with E-state index in [-0.39, 0.29) is 10.7 Å². The third-order valence-electron chi connectivity index (χ3n) is 2.31. The van der Waals surface area contributed by atoms with E-state index in [0.717, 1.165) is 0 Å². The van der Waals surface area contributed by atoms with Crippen molar-refractivity contribution in [3.05, 3.63) is 45.7 Å². The first-order valence-corrected chi connectivity index (χ1v) is 5.59. The molecule has 7 heteroatoms. The van der Waals surface area contributed by atoms with Crippen molar-refractivity contribution in [2.24, 2.45) is 0 Å². The maximum Gasteiger partial charge on any atom is 0.319 e. The molecule has 0 unspecified atom stereocenters. The topological polar surface area (TPSA) is 76.3 Å². The van der Waals surface area contributed by atoms with E-state index in [1.165, 1.54) is 17.2 Å². The highest BCUT2D eigenvalue weighted by Crippen LogP contribution is 2.26. The first-order chi connectivity index (χ1) is 8.52. The molecule has 0 aromatic carbocycles. The Hall–Kier alpha value is -1.95. The standard InChI is InChI=1S/C11H12ClN3O3/c1-3-7-14(4-2)11(16)8-5-6-13-10(12)9(8)15(17)18/h3,5-6H,1,4,7H2,2H3. The third kappa shape index (κ3) is 2.84. The van der Waals surface area contributed by atoms with E-state index in [1.807, 2.05) is 0 Å². The summed E-state index contributed by atoms with van der Waals surface area (Å²) in [4.78, 5) is 27.4. The van der Waals surface area contributed by atoms with Crippen molar-refractivity contribution in [3.8, 4) is 0 Å². The van der Waals surface area contributed by atoms with Crippen molar-refractivity contribution in [2.75, 3.05) is 13.1 Å². The van der Waals surface area contributed by atoms with E-state index in [9.17, 15) is 14.9 Å². The third-order valence-corrected chi connectivity index (χ3v) is 2.59. The first-order valence-electron chi connectivity index (χ1n) is 5.22. The molecule has 1 aromatic heterocycles. The van der Waals surface area contributed by atoms with Crippen molar-refractivity contribution >= 4 is 23.2 Å². The summed E-state index contributed by atoms with van der Waals surface area (Å²) in [6, 6.07) is 1.29. The Morgan fingerprint density at radius 2 is 2.39 bits per heavy atom. The fraction of sp³-hybridized carbons (Fsp3) is 0.273. The molecule has 1 heterocycles. The average Bonchev–Trinajstić information content (AvgIpc) is 2.34. The lowest BCUT2D eigenvalue weighted by Gasteiger charge is -2.18. The van der Waals surface area contributed by atoms with Crippen LogP contribution in [0.1, 0.15) is 17.3 Å². The molecule has 6 nitrogen and oxygen atoms in total. The zero-order chi connectivity index (χ0) is 13.7. The summed E-state index contributed by atoms with van der Waals surface area (Å²) in [5, 5.41) is 10.6. The monoisotopic (exact) mass is 269 g/mol. The lowest BCUT2D eigenvalue weighted by atomic mass is 10.2. The van der Waals surface area contributed by atoms with Gasteiger partial charge in [0.25, 0.3) is 5.91 Å². The van der Waals surface area contributed by atoms with Gasteiger partial charge in [-0.1, -0.05) is 17.7 Å². The first kappa shape index (κ1) is 14.1. The number of hydrogen-bond donors (Lipinski definition) is 0. The van der Waals surface area contributed by atoms with Crippen LogP contribution in [0.4, 0.5) is 5.69 Å². The summed E-state index contributed by atoms with van der Waals surface area (Å²) < 4.78 is 0. The number of nitro groups is 1. The van der Waals surface area contributed by atoms with Crippen molar-refractivity contribution in [3.63, 3.8) is 0 Å². The Bertz CT molecular complexity index is 490. The minimum Gasteiger partial charge on any atom is -0.335 e. The molecule has 96 valence electrons. The summed E-state index contributed by atoms with van der Waals surface area (Å²) >= 11 is 5.65. The van der Waals surface area contributed by atoms with Gasteiger partial charge in [-0.15, -0.1) is 6.58 Å². The predicted octanol–water partition coefficient (Wildman–Crippen LogP) is 2.29. The zero-order valence-electron chi connectivity index (χ0n) is 9.80. The molecule has 0 bridgehead atoms. The molecule has 1 aromatic rings. The van der Waals surface area contributed by atoms with Gasteiger partial charge < -0.3 is 4.90 Å². The second kappa shape index (κ2) is 6.11. The molecule has 18 heavy (non-hydrogen) atoms. The highest BCUT2D eigenvalue weighted by molar-refractivity contribution is 6.32. The van der Waals surface area contributed by atoms with E-state index in [1.54, 1.807) is 13.0 Å². The average molecular weight is 270 g/mol. The fourth-order valence-electron chi connectivity index (χ4n) is 1.46. The summed E-state index contributed by atoms with van der Waals surface area (Å²) in [7, 11) is 0. The van der Waals surface area contributed by atoms with Crippen LogP contribution in [-0.4, -0.2) is 33.8 Å². The predicted molar refractivity (Wildman–Crippen MR) is 67.7 cm³/mol. The maximum absolute atomic E-state index is 12.1. The summed E-state index contributed by atoms with van der Waals surface area (Å²) in [5.41, 5.74) is -0.532. The highest BCUT2D eigenvalue weighted by atomic mass is 35.5. The normalized spacial score (nSPS) is 9.89. The molecule has 0 aliphatic heterocycles. The quantitative estimate of drug-likeness (QED) is 0.356. The largest absolute Gasteiger partial charge is 0.335 e. The molecular weight excluding hydrogens is 258 g/mol. The van der Waals surface area contributed by atoms with Gasteiger partial charge in [0, 0.05) is 19.3 Å². The Morgan fingerprint density at radius 1 is 1.72 bits per heavy atom. The van der Waals surface area contributed by atoms with Gasteiger partial charge in [0.05, 0.1) is 4.92 Å². The molecule has 0 spiro atoms. The van der Waals surface area contributed by atoms with Crippen molar-refractivity contribution in [2.45, 2.75) is 6.92 Å². The van der Waals surface area contributed by atoms with Gasteiger partial charge in [-0.05, 0) is 13.0 Å². The van der Waals surface area contributed by atoms with Gasteiger partial charge in [-0.3, -0.25) is 14.9 Å². The lowest BCUT2D eigenvalue weighted by Crippen LogP contribution is -2.31. The number of carbonyl (C=O) groups is 1. The zero-order valence-corrected chi connectivity index (χ0v) is 10.6. The summed E-state index contributed by atoms with van der Waals surface area (Å²) in [6.07, 6.45) is 2.82. The van der Waals surface area contributed by atoms with Gasteiger partial charge in [0.1, 0.15) is 5.56 Å². The van der Waals surface area contributed by atoms with Crippen LogP contribution >= 0.6 is 11.6 Å². The van der Waals surface area contributed by atoms with Crippen LogP contribution in [0.5, 0.6) is 0 Å². The Morgan fingerprint density at radius 3 is 2.89 bits per heavy atom.